The minimum atomic E-state index is 0.627. The summed E-state index contributed by atoms with van der Waals surface area (Å²) < 4.78 is 4.88. The zero-order valence-electron chi connectivity index (χ0n) is 33.4. The van der Waals surface area contributed by atoms with Gasteiger partial charge >= 0.3 is 0 Å². The molecule has 288 valence electrons. The molecule has 0 aliphatic rings. The smallest absolute Gasteiger partial charge is 0.164 e. The topological polar surface area (TPSA) is 48.5 Å². The van der Waals surface area contributed by atoms with Gasteiger partial charge in [0.25, 0.3) is 0 Å². The number of rotatable bonds is 5. The summed E-state index contributed by atoms with van der Waals surface area (Å²) >= 11 is 0. The lowest BCUT2D eigenvalue weighted by atomic mass is 10.0. The Balaban J connectivity index is 1.12. The van der Waals surface area contributed by atoms with Gasteiger partial charge in [-0.25, -0.2) is 15.0 Å². The molecule has 0 bridgehead atoms. The van der Waals surface area contributed by atoms with Crippen molar-refractivity contribution in [2.45, 2.75) is 0 Å². The molecule has 5 heteroatoms. The maximum atomic E-state index is 5.22. The van der Waals surface area contributed by atoms with E-state index in [0.29, 0.717) is 17.5 Å². The van der Waals surface area contributed by atoms with E-state index >= 15 is 0 Å². The molecule has 0 amide bonds. The van der Waals surface area contributed by atoms with Gasteiger partial charge in [0.05, 0.1) is 22.1 Å². The molecular weight excluding hydrogens is 755 g/mol. The van der Waals surface area contributed by atoms with Gasteiger partial charge in [0.15, 0.2) is 17.5 Å². The maximum absolute atomic E-state index is 5.22. The van der Waals surface area contributed by atoms with Crippen LogP contribution in [-0.4, -0.2) is 24.1 Å². The lowest BCUT2D eigenvalue weighted by Gasteiger charge is -2.15. The highest BCUT2D eigenvalue weighted by Crippen LogP contribution is 2.42. The van der Waals surface area contributed by atoms with E-state index in [9.17, 15) is 0 Å². The second-order valence-corrected chi connectivity index (χ2v) is 16.1. The Bertz CT molecular complexity index is 3860. The molecule has 3 heterocycles. The summed E-state index contributed by atoms with van der Waals surface area (Å²) in [5.41, 5.74) is 9.58. The van der Waals surface area contributed by atoms with Crippen LogP contribution in [0, 0.1) is 0 Å². The third-order valence-electron chi connectivity index (χ3n) is 12.5. The minimum Gasteiger partial charge on any atom is -0.309 e. The second kappa shape index (κ2) is 13.6. The fourth-order valence-corrected chi connectivity index (χ4v) is 9.57. The first kappa shape index (κ1) is 34.5. The Morgan fingerprint density at radius 1 is 0.258 bits per heavy atom. The molecule has 0 N–H and O–H groups in total. The maximum Gasteiger partial charge on any atom is 0.164 e. The number of nitrogens with zero attached hydrogens (tertiary/aromatic N) is 5. The molecule has 0 aliphatic carbocycles. The molecule has 0 saturated carbocycles. The lowest BCUT2D eigenvalue weighted by molar-refractivity contribution is 1.07. The molecule has 13 aromatic rings. The van der Waals surface area contributed by atoms with Crippen LogP contribution >= 0.6 is 0 Å². The normalized spacial score (nSPS) is 11.9. The van der Waals surface area contributed by atoms with E-state index < -0.39 is 0 Å². The molecule has 3 aromatic heterocycles. The van der Waals surface area contributed by atoms with Gasteiger partial charge in [0.1, 0.15) is 0 Å². The third-order valence-corrected chi connectivity index (χ3v) is 12.5. The van der Waals surface area contributed by atoms with Gasteiger partial charge in [0, 0.05) is 49.6 Å². The Hall–Kier alpha value is -8.41. The monoisotopic (exact) mass is 789 g/mol. The molecule has 0 saturated heterocycles. The molecular formula is C57H35N5. The van der Waals surface area contributed by atoms with Crippen molar-refractivity contribution >= 4 is 75.9 Å². The van der Waals surface area contributed by atoms with Crippen LogP contribution in [0.5, 0.6) is 0 Å². The van der Waals surface area contributed by atoms with Gasteiger partial charge in [-0.15, -0.1) is 0 Å². The Kier molecular flexibility index (Phi) is 7.54. The van der Waals surface area contributed by atoms with Gasteiger partial charge in [-0.2, -0.15) is 0 Å². The van der Waals surface area contributed by atoms with Crippen molar-refractivity contribution in [1.29, 1.82) is 0 Å². The molecule has 0 fully saturated rings. The zero-order valence-corrected chi connectivity index (χ0v) is 33.4. The molecule has 62 heavy (non-hydrogen) atoms. The number of para-hydroxylation sites is 1. The molecule has 0 spiro atoms. The van der Waals surface area contributed by atoms with Crippen LogP contribution in [0.3, 0.4) is 0 Å². The zero-order chi connectivity index (χ0) is 40.7. The summed E-state index contributed by atoms with van der Waals surface area (Å²) in [5, 5.41) is 11.9. The SMILES string of the molecule is c1ccc(-c2nc(-c3ccccc3)nc(-c3cc(-n4c5ccccc5c5cc6c7cc8ccccc8cc7n(-c7ccc8ccccc8c7)c6cc54)cc4ccccc34)n2)cc1. The number of aromatic nitrogens is 5. The van der Waals surface area contributed by atoms with Crippen LogP contribution in [0.1, 0.15) is 0 Å². The summed E-state index contributed by atoms with van der Waals surface area (Å²) in [6.07, 6.45) is 0. The van der Waals surface area contributed by atoms with Crippen molar-refractivity contribution in [2.24, 2.45) is 0 Å². The fraction of sp³-hybridized carbons (Fsp3) is 0. The van der Waals surface area contributed by atoms with E-state index in [1.54, 1.807) is 0 Å². The molecule has 0 aliphatic heterocycles. The minimum absolute atomic E-state index is 0.627. The van der Waals surface area contributed by atoms with Crippen LogP contribution < -0.4 is 0 Å². The van der Waals surface area contributed by atoms with Crippen molar-refractivity contribution < 1.29 is 0 Å². The number of benzene rings is 10. The molecule has 0 unspecified atom stereocenters. The predicted octanol–water partition coefficient (Wildman–Crippen LogP) is 14.5. The highest BCUT2D eigenvalue weighted by Gasteiger charge is 2.21. The van der Waals surface area contributed by atoms with E-state index in [1.807, 2.05) is 36.4 Å². The lowest BCUT2D eigenvalue weighted by Crippen LogP contribution is -2.02. The van der Waals surface area contributed by atoms with E-state index in [4.69, 9.17) is 15.0 Å². The van der Waals surface area contributed by atoms with E-state index in [-0.39, 0.29) is 0 Å². The Morgan fingerprint density at radius 2 is 0.742 bits per heavy atom. The average Bonchev–Trinajstić information content (AvgIpc) is 3.83. The number of fused-ring (bicyclic) bond motifs is 9. The van der Waals surface area contributed by atoms with Crippen molar-refractivity contribution in [3.05, 3.63) is 212 Å². The summed E-state index contributed by atoms with van der Waals surface area (Å²) in [7, 11) is 0. The first-order valence-corrected chi connectivity index (χ1v) is 21.0. The Labute approximate surface area is 356 Å². The molecule has 10 aromatic carbocycles. The van der Waals surface area contributed by atoms with Gasteiger partial charge in [-0.1, -0.05) is 158 Å². The van der Waals surface area contributed by atoms with Crippen LogP contribution in [-0.2, 0) is 0 Å². The average molecular weight is 790 g/mol. The van der Waals surface area contributed by atoms with Gasteiger partial charge < -0.3 is 9.13 Å². The third kappa shape index (κ3) is 5.38. The van der Waals surface area contributed by atoms with Crippen LogP contribution in [0.25, 0.3) is 121 Å². The summed E-state index contributed by atoms with van der Waals surface area (Å²) in [4.78, 5) is 15.5. The first-order chi connectivity index (χ1) is 30.7. The highest BCUT2D eigenvalue weighted by molar-refractivity contribution is 6.21. The van der Waals surface area contributed by atoms with Crippen molar-refractivity contribution in [3.63, 3.8) is 0 Å². The van der Waals surface area contributed by atoms with Crippen LogP contribution in [0.4, 0.5) is 0 Å². The number of hydrogen-bond donors (Lipinski definition) is 0. The molecule has 5 nitrogen and oxygen atoms in total. The van der Waals surface area contributed by atoms with Gasteiger partial charge in [-0.3, -0.25) is 0 Å². The van der Waals surface area contributed by atoms with Crippen molar-refractivity contribution in [1.82, 2.24) is 24.1 Å². The highest BCUT2D eigenvalue weighted by atomic mass is 15.0. The molecule has 0 radical (unpaired) electrons. The predicted molar refractivity (Wildman–Crippen MR) is 257 cm³/mol. The number of hydrogen-bond acceptors (Lipinski definition) is 3. The van der Waals surface area contributed by atoms with Crippen LogP contribution in [0.2, 0.25) is 0 Å². The summed E-state index contributed by atoms with van der Waals surface area (Å²) in [6.45, 7) is 0. The molecule has 0 atom stereocenters. The largest absolute Gasteiger partial charge is 0.309 e. The standard InChI is InChI=1S/C57H35N5/c1-3-16-37(17-4-1)55-58-56(38-18-5-2-6-19-38)60-57(59-55)50-33-44(30-42-23-11-12-24-45(42)50)62-51-26-14-13-25-46(51)48-34-49-47-31-40-21-9-10-22-41(40)32-52(47)61(54(49)35-53(48)62)43-28-27-36-15-7-8-20-39(36)29-43/h1-35H. The van der Waals surface area contributed by atoms with E-state index in [1.165, 1.54) is 48.6 Å². The summed E-state index contributed by atoms with van der Waals surface area (Å²) in [5.74, 6) is 1.90. The van der Waals surface area contributed by atoms with Crippen LogP contribution in [0.15, 0.2) is 212 Å². The van der Waals surface area contributed by atoms with Gasteiger partial charge in [0.2, 0.25) is 0 Å². The second-order valence-electron chi connectivity index (χ2n) is 16.1. The first-order valence-electron chi connectivity index (χ1n) is 21.0. The van der Waals surface area contributed by atoms with E-state index in [2.05, 4.69) is 185 Å². The Morgan fingerprint density at radius 3 is 1.45 bits per heavy atom. The van der Waals surface area contributed by atoms with E-state index in [0.717, 1.165) is 55.4 Å². The molecule has 13 rings (SSSR count). The fourth-order valence-electron chi connectivity index (χ4n) is 9.57. The van der Waals surface area contributed by atoms with Crippen molar-refractivity contribution in [2.75, 3.05) is 0 Å². The quantitative estimate of drug-likeness (QED) is 0.174. The van der Waals surface area contributed by atoms with Crippen molar-refractivity contribution in [3.8, 4) is 45.5 Å². The van der Waals surface area contributed by atoms with Gasteiger partial charge in [-0.05, 0) is 86.9 Å². The summed E-state index contributed by atoms with van der Waals surface area (Å²) in [6, 6.07) is 75.9.